The monoisotopic (exact) mass is 328 g/mol. The molecule has 3 heterocycles. The minimum atomic E-state index is -2.60. The smallest absolute Gasteiger partial charge is 0.251 e. The normalized spacial score (nSPS) is 25.2. The summed E-state index contributed by atoms with van der Waals surface area (Å²) in [6.07, 6.45) is 1.98. The fourth-order valence-electron chi connectivity index (χ4n) is 2.95. The first-order valence-electron chi connectivity index (χ1n) is 7.77. The van der Waals surface area contributed by atoms with Gasteiger partial charge in [0.15, 0.2) is 0 Å². The molecule has 0 unspecified atom stereocenters. The summed E-state index contributed by atoms with van der Waals surface area (Å²) < 4.78 is 26.3. The average Bonchev–Trinajstić information content (AvgIpc) is 3.17. The first-order chi connectivity index (χ1) is 10.5. The lowest BCUT2D eigenvalue weighted by atomic mass is 9.97. The number of halogens is 2. The maximum Gasteiger partial charge on any atom is 0.251 e. The Kier molecular flexibility index (Phi) is 3.32. The molecule has 0 bridgehead atoms. The van der Waals surface area contributed by atoms with E-state index in [-0.39, 0.29) is 37.8 Å². The molecule has 1 amide bonds. The first kappa shape index (κ1) is 14.3. The van der Waals surface area contributed by atoms with Crippen LogP contribution in [0.4, 0.5) is 13.9 Å². The van der Waals surface area contributed by atoms with Gasteiger partial charge in [0.25, 0.3) is 5.92 Å². The van der Waals surface area contributed by atoms with Crippen LogP contribution in [-0.4, -0.2) is 53.1 Å². The highest BCUT2D eigenvalue weighted by molar-refractivity contribution is 7.15. The molecular weight excluding hydrogens is 310 g/mol. The standard InChI is InChI=1S/C14H18F2N4OS/c15-14(16)3-5-19(6-4-14)12(21)10-7-20(8-10)13-18-17-11(22-13)9-1-2-9/h9-10H,1-8H2. The number of carbonyl (C=O) groups is 1. The number of likely N-dealkylation sites (tertiary alicyclic amines) is 1. The lowest BCUT2D eigenvalue weighted by Gasteiger charge is -2.41. The second kappa shape index (κ2) is 5.11. The molecule has 1 aliphatic carbocycles. The predicted molar refractivity (Wildman–Crippen MR) is 78.3 cm³/mol. The molecule has 120 valence electrons. The van der Waals surface area contributed by atoms with E-state index < -0.39 is 5.92 Å². The zero-order valence-corrected chi connectivity index (χ0v) is 13.0. The van der Waals surface area contributed by atoms with Crippen LogP contribution in [0.3, 0.4) is 0 Å². The van der Waals surface area contributed by atoms with Crippen LogP contribution in [0.15, 0.2) is 0 Å². The van der Waals surface area contributed by atoms with Crippen LogP contribution in [0.25, 0.3) is 0 Å². The maximum atomic E-state index is 13.1. The van der Waals surface area contributed by atoms with Crippen LogP contribution in [-0.2, 0) is 4.79 Å². The minimum Gasteiger partial charge on any atom is -0.345 e. The molecule has 2 saturated heterocycles. The molecule has 3 fully saturated rings. The zero-order valence-electron chi connectivity index (χ0n) is 12.2. The Morgan fingerprint density at radius 1 is 1.18 bits per heavy atom. The van der Waals surface area contributed by atoms with E-state index >= 15 is 0 Å². The number of nitrogens with zero attached hydrogens (tertiary/aromatic N) is 4. The van der Waals surface area contributed by atoms with Gasteiger partial charge in [-0.15, -0.1) is 10.2 Å². The number of hydrogen-bond acceptors (Lipinski definition) is 5. The van der Waals surface area contributed by atoms with Crippen LogP contribution in [0.2, 0.25) is 0 Å². The molecule has 3 aliphatic rings. The molecule has 22 heavy (non-hydrogen) atoms. The second-order valence-corrected chi connectivity index (χ2v) is 7.47. The van der Waals surface area contributed by atoms with E-state index in [1.807, 2.05) is 0 Å². The van der Waals surface area contributed by atoms with Crippen LogP contribution in [0.5, 0.6) is 0 Å². The second-order valence-electron chi connectivity index (χ2n) is 6.48. The van der Waals surface area contributed by atoms with Crippen molar-refractivity contribution >= 4 is 22.4 Å². The number of hydrogen-bond donors (Lipinski definition) is 0. The van der Waals surface area contributed by atoms with Crippen molar-refractivity contribution < 1.29 is 13.6 Å². The Hall–Kier alpha value is -1.31. The third-order valence-corrected chi connectivity index (χ3v) is 5.81. The van der Waals surface area contributed by atoms with Crippen LogP contribution in [0.1, 0.15) is 36.6 Å². The number of aromatic nitrogens is 2. The quantitative estimate of drug-likeness (QED) is 0.853. The Morgan fingerprint density at radius 3 is 2.50 bits per heavy atom. The summed E-state index contributed by atoms with van der Waals surface area (Å²) in [5.41, 5.74) is 0. The molecule has 4 rings (SSSR count). The lowest BCUT2D eigenvalue weighted by Crippen LogP contribution is -2.56. The Balaban J connectivity index is 1.30. The van der Waals surface area contributed by atoms with E-state index in [4.69, 9.17) is 0 Å². The number of alkyl halides is 2. The molecular formula is C14H18F2N4OS. The highest BCUT2D eigenvalue weighted by atomic mass is 32.1. The number of amides is 1. The van der Waals surface area contributed by atoms with Gasteiger partial charge in [0, 0.05) is 44.9 Å². The average molecular weight is 328 g/mol. The SMILES string of the molecule is O=C(C1CN(c2nnc(C3CC3)s2)C1)N1CCC(F)(F)CC1. The number of anilines is 1. The van der Waals surface area contributed by atoms with Crippen molar-refractivity contribution in [3.8, 4) is 0 Å². The van der Waals surface area contributed by atoms with Gasteiger partial charge in [0.05, 0.1) is 5.92 Å². The van der Waals surface area contributed by atoms with E-state index in [0.717, 1.165) is 10.1 Å². The highest BCUT2D eigenvalue weighted by Gasteiger charge is 2.41. The molecule has 1 aromatic heterocycles. The van der Waals surface area contributed by atoms with Crippen molar-refractivity contribution in [1.82, 2.24) is 15.1 Å². The molecule has 5 nitrogen and oxygen atoms in total. The van der Waals surface area contributed by atoms with Crippen LogP contribution in [0, 0.1) is 5.92 Å². The van der Waals surface area contributed by atoms with Crippen LogP contribution >= 0.6 is 11.3 Å². The molecule has 8 heteroatoms. The van der Waals surface area contributed by atoms with E-state index in [1.54, 1.807) is 16.2 Å². The summed E-state index contributed by atoms with van der Waals surface area (Å²) in [4.78, 5) is 16.0. The number of carbonyl (C=O) groups excluding carboxylic acids is 1. The topological polar surface area (TPSA) is 49.3 Å². The van der Waals surface area contributed by atoms with Crippen LogP contribution < -0.4 is 4.90 Å². The van der Waals surface area contributed by atoms with Gasteiger partial charge in [-0.3, -0.25) is 4.79 Å². The molecule has 0 N–H and O–H groups in total. The molecule has 0 radical (unpaired) electrons. The molecule has 0 spiro atoms. The lowest BCUT2D eigenvalue weighted by molar-refractivity contribution is -0.142. The molecule has 0 atom stereocenters. The largest absolute Gasteiger partial charge is 0.345 e. The van der Waals surface area contributed by atoms with Crippen molar-refractivity contribution in [2.75, 3.05) is 31.1 Å². The van der Waals surface area contributed by atoms with Gasteiger partial charge in [-0.2, -0.15) is 0 Å². The number of piperidine rings is 1. The fraction of sp³-hybridized carbons (Fsp3) is 0.786. The van der Waals surface area contributed by atoms with E-state index in [1.165, 1.54) is 12.8 Å². The third kappa shape index (κ3) is 2.68. The highest BCUT2D eigenvalue weighted by Crippen LogP contribution is 2.43. The Bertz CT molecular complexity index is 573. The molecule has 1 aromatic rings. The van der Waals surface area contributed by atoms with Crippen molar-refractivity contribution in [1.29, 1.82) is 0 Å². The van der Waals surface area contributed by atoms with Crippen molar-refractivity contribution in [2.45, 2.75) is 37.5 Å². The summed E-state index contributed by atoms with van der Waals surface area (Å²) in [5, 5.41) is 10.4. The van der Waals surface area contributed by atoms with Gasteiger partial charge < -0.3 is 9.80 Å². The van der Waals surface area contributed by atoms with Gasteiger partial charge >= 0.3 is 0 Å². The fourth-order valence-corrected chi connectivity index (χ4v) is 3.98. The van der Waals surface area contributed by atoms with Crippen molar-refractivity contribution in [2.24, 2.45) is 5.92 Å². The first-order valence-corrected chi connectivity index (χ1v) is 8.58. The molecule has 1 saturated carbocycles. The summed E-state index contributed by atoms with van der Waals surface area (Å²) in [7, 11) is 0. The minimum absolute atomic E-state index is 0.0127. The van der Waals surface area contributed by atoms with Gasteiger partial charge in [-0.25, -0.2) is 8.78 Å². The third-order valence-electron chi connectivity index (χ3n) is 4.66. The van der Waals surface area contributed by atoms with E-state index in [0.29, 0.717) is 19.0 Å². The molecule has 2 aliphatic heterocycles. The van der Waals surface area contributed by atoms with Gasteiger partial charge in [0.2, 0.25) is 11.0 Å². The van der Waals surface area contributed by atoms with E-state index in [2.05, 4.69) is 15.1 Å². The van der Waals surface area contributed by atoms with Gasteiger partial charge in [-0.1, -0.05) is 11.3 Å². The van der Waals surface area contributed by atoms with Crippen molar-refractivity contribution in [3.63, 3.8) is 0 Å². The summed E-state index contributed by atoms with van der Waals surface area (Å²) in [6, 6.07) is 0. The summed E-state index contributed by atoms with van der Waals surface area (Å²) in [6.45, 7) is 1.61. The maximum absolute atomic E-state index is 13.1. The van der Waals surface area contributed by atoms with Crippen molar-refractivity contribution in [3.05, 3.63) is 5.01 Å². The summed E-state index contributed by atoms with van der Waals surface area (Å²) in [5.74, 6) is -2.08. The molecule has 0 aromatic carbocycles. The van der Waals surface area contributed by atoms with E-state index in [9.17, 15) is 13.6 Å². The Labute approximate surface area is 131 Å². The number of rotatable bonds is 3. The Morgan fingerprint density at radius 2 is 1.86 bits per heavy atom. The zero-order chi connectivity index (χ0) is 15.3. The van der Waals surface area contributed by atoms with Gasteiger partial charge in [-0.05, 0) is 12.8 Å². The predicted octanol–water partition coefficient (Wildman–Crippen LogP) is 2.11. The van der Waals surface area contributed by atoms with Gasteiger partial charge in [0.1, 0.15) is 5.01 Å². The summed E-state index contributed by atoms with van der Waals surface area (Å²) >= 11 is 1.62.